The van der Waals surface area contributed by atoms with Crippen LogP contribution in [0.3, 0.4) is 0 Å². The van der Waals surface area contributed by atoms with Crippen LogP contribution in [0.1, 0.15) is 38.2 Å². The van der Waals surface area contributed by atoms with Gasteiger partial charge < -0.3 is 10.3 Å². The molecule has 0 fully saturated rings. The largest absolute Gasteiger partial charge is 0.352 e. The SMILES string of the molecule is Cc1cc(C)cc(C(=O)NCCc2cc3c(C)ccc(C)c3[nH]c2=O)c1. The fourth-order valence-electron chi connectivity index (χ4n) is 3.32. The minimum absolute atomic E-state index is 0.0909. The molecule has 2 N–H and O–H groups in total. The number of fused-ring (bicyclic) bond motifs is 1. The van der Waals surface area contributed by atoms with E-state index in [0.29, 0.717) is 24.1 Å². The van der Waals surface area contributed by atoms with E-state index in [0.717, 1.165) is 33.2 Å². The maximum absolute atomic E-state index is 12.4. The minimum Gasteiger partial charge on any atom is -0.352 e. The number of H-pyrrole nitrogens is 1. The Hall–Kier alpha value is -2.88. The maximum Gasteiger partial charge on any atom is 0.251 e. The highest BCUT2D eigenvalue weighted by atomic mass is 16.1. The summed E-state index contributed by atoms with van der Waals surface area (Å²) >= 11 is 0. The molecule has 134 valence electrons. The fourth-order valence-corrected chi connectivity index (χ4v) is 3.32. The van der Waals surface area contributed by atoms with Crippen molar-refractivity contribution in [1.29, 1.82) is 0 Å². The van der Waals surface area contributed by atoms with E-state index in [1.807, 2.05) is 58.0 Å². The number of hydrogen-bond acceptors (Lipinski definition) is 2. The summed E-state index contributed by atoms with van der Waals surface area (Å²) in [6, 6.07) is 11.8. The van der Waals surface area contributed by atoms with Gasteiger partial charge in [-0.1, -0.05) is 29.3 Å². The Labute approximate surface area is 153 Å². The minimum atomic E-state index is -0.110. The second-order valence-electron chi connectivity index (χ2n) is 6.99. The van der Waals surface area contributed by atoms with Crippen LogP contribution in [-0.4, -0.2) is 17.4 Å². The number of nitrogens with one attached hydrogen (secondary N) is 2. The Morgan fingerprint density at radius 3 is 2.31 bits per heavy atom. The zero-order chi connectivity index (χ0) is 18.8. The molecule has 1 amide bonds. The van der Waals surface area contributed by atoms with Crippen molar-refractivity contribution < 1.29 is 4.79 Å². The summed E-state index contributed by atoms with van der Waals surface area (Å²) in [5.41, 5.74) is 6.44. The van der Waals surface area contributed by atoms with Crippen LogP contribution in [0.15, 0.2) is 41.2 Å². The van der Waals surface area contributed by atoms with E-state index in [4.69, 9.17) is 0 Å². The number of aromatic nitrogens is 1. The number of rotatable bonds is 4. The molecule has 2 aromatic carbocycles. The lowest BCUT2D eigenvalue weighted by molar-refractivity contribution is 0.0954. The first kappa shape index (κ1) is 17.9. The van der Waals surface area contributed by atoms with E-state index in [-0.39, 0.29) is 11.5 Å². The summed E-state index contributed by atoms with van der Waals surface area (Å²) in [6.07, 6.45) is 0.495. The number of aryl methyl sites for hydroxylation is 4. The summed E-state index contributed by atoms with van der Waals surface area (Å²) < 4.78 is 0. The van der Waals surface area contributed by atoms with Crippen LogP contribution >= 0.6 is 0 Å². The lowest BCUT2D eigenvalue weighted by Crippen LogP contribution is -2.27. The van der Waals surface area contributed by atoms with Gasteiger partial charge in [-0.2, -0.15) is 0 Å². The summed E-state index contributed by atoms with van der Waals surface area (Å²) in [6.45, 7) is 8.39. The van der Waals surface area contributed by atoms with E-state index < -0.39 is 0 Å². The van der Waals surface area contributed by atoms with Gasteiger partial charge in [-0.05, 0) is 63.4 Å². The van der Waals surface area contributed by atoms with Crippen molar-refractivity contribution in [3.8, 4) is 0 Å². The highest BCUT2D eigenvalue weighted by Gasteiger charge is 2.09. The van der Waals surface area contributed by atoms with Crippen LogP contribution in [-0.2, 0) is 6.42 Å². The van der Waals surface area contributed by atoms with Crippen LogP contribution in [0, 0.1) is 27.7 Å². The average Bonchev–Trinajstić information content (AvgIpc) is 2.58. The molecule has 3 rings (SSSR count). The molecular weight excluding hydrogens is 324 g/mol. The molecule has 4 heteroatoms. The highest BCUT2D eigenvalue weighted by molar-refractivity contribution is 5.94. The van der Waals surface area contributed by atoms with Crippen molar-refractivity contribution in [3.63, 3.8) is 0 Å². The molecular formula is C22H24N2O2. The van der Waals surface area contributed by atoms with Gasteiger partial charge in [0.1, 0.15) is 0 Å². The summed E-state index contributed by atoms with van der Waals surface area (Å²) in [5, 5.41) is 3.97. The molecule has 1 heterocycles. The van der Waals surface area contributed by atoms with Crippen LogP contribution in [0.25, 0.3) is 10.9 Å². The molecule has 0 unspecified atom stereocenters. The first-order valence-electron chi connectivity index (χ1n) is 8.84. The summed E-state index contributed by atoms with van der Waals surface area (Å²) in [4.78, 5) is 27.7. The van der Waals surface area contributed by atoms with Crippen LogP contribution in [0.5, 0.6) is 0 Å². The lowest BCUT2D eigenvalue weighted by Gasteiger charge is -2.09. The molecule has 3 aromatic rings. The third-order valence-corrected chi connectivity index (χ3v) is 4.68. The van der Waals surface area contributed by atoms with Gasteiger partial charge in [0, 0.05) is 23.1 Å². The topological polar surface area (TPSA) is 62.0 Å². The maximum atomic E-state index is 12.4. The number of carbonyl (C=O) groups is 1. The number of benzene rings is 2. The molecule has 0 aliphatic carbocycles. The molecule has 0 bridgehead atoms. The highest BCUT2D eigenvalue weighted by Crippen LogP contribution is 2.19. The van der Waals surface area contributed by atoms with E-state index in [2.05, 4.69) is 16.4 Å². The van der Waals surface area contributed by atoms with Crippen LogP contribution in [0.4, 0.5) is 0 Å². The number of hydrogen-bond donors (Lipinski definition) is 2. The van der Waals surface area contributed by atoms with Gasteiger partial charge in [-0.25, -0.2) is 0 Å². The van der Waals surface area contributed by atoms with Gasteiger partial charge in [-0.3, -0.25) is 9.59 Å². The van der Waals surface area contributed by atoms with Crippen LogP contribution in [0.2, 0.25) is 0 Å². The van der Waals surface area contributed by atoms with Crippen molar-refractivity contribution in [1.82, 2.24) is 10.3 Å². The normalized spacial score (nSPS) is 10.9. The average molecular weight is 348 g/mol. The second-order valence-corrected chi connectivity index (χ2v) is 6.99. The standard InChI is InChI=1S/C22H24N2O2/c1-13-9-14(2)11-18(10-13)21(25)23-8-7-17-12-19-15(3)5-6-16(4)20(19)24-22(17)26/h5-6,9-12H,7-8H2,1-4H3,(H,23,25)(H,24,26). The molecule has 0 saturated heterocycles. The Bertz CT molecular complexity index is 1030. The van der Waals surface area contributed by atoms with Crippen LogP contribution < -0.4 is 10.9 Å². The number of pyridine rings is 1. The quantitative estimate of drug-likeness (QED) is 0.754. The van der Waals surface area contributed by atoms with Gasteiger partial charge >= 0.3 is 0 Å². The fraction of sp³-hybridized carbons (Fsp3) is 0.273. The van der Waals surface area contributed by atoms with E-state index in [9.17, 15) is 9.59 Å². The second kappa shape index (κ2) is 7.16. The Balaban J connectivity index is 1.75. The Morgan fingerprint density at radius 1 is 0.962 bits per heavy atom. The smallest absolute Gasteiger partial charge is 0.251 e. The Morgan fingerprint density at radius 2 is 1.62 bits per heavy atom. The van der Waals surface area contributed by atoms with E-state index in [1.54, 1.807) is 0 Å². The van der Waals surface area contributed by atoms with Crippen molar-refractivity contribution in [2.24, 2.45) is 0 Å². The molecule has 0 aliphatic rings. The molecule has 0 spiro atoms. The third-order valence-electron chi connectivity index (χ3n) is 4.68. The summed E-state index contributed by atoms with van der Waals surface area (Å²) in [7, 11) is 0. The van der Waals surface area contributed by atoms with Gasteiger partial charge in [0.05, 0.1) is 5.52 Å². The van der Waals surface area contributed by atoms with Crippen molar-refractivity contribution in [2.75, 3.05) is 6.54 Å². The molecule has 0 atom stereocenters. The zero-order valence-electron chi connectivity index (χ0n) is 15.7. The molecule has 0 saturated carbocycles. The molecule has 0 aliphatic heterocycles. The summed E-state index contributed by atoms with van der Waals surface area (Å²) in [5.74, 6) is -0.110. The molecule has 4 nitrogen and oxygen atoms in total. The zero-order valence-corrected chi connectivity index (χ0v) is 15.7. The van der Waals surface area contributed by atoms with Gasteiger partial charge in [0.25, 0.3) is 11.5 Å². The number of amides is 1. The number of carbonyl (C=O) groups excluding carboxylic acids is 1. The number of aromatic amines is 1. The van der Waals surface area contributed by atoms with Gasteiger partial charge in [0.2, 0.25) is 0 Å². The predicted octanol–water partition coefficient (Wildman–Crippen LogP) is 3.73. The van der Waals surface area contributed by atoms with Gasteiger partial charge in [0.15, 0.2) is 0 Å². The van der Waals surface area contributed by atoms with Gasteiger partial charge in [-0.15, -0.1) is 0 Å². The predicted molar refractivity (Wildman–Crippen MR) is 106 cm³/mol. The van der Waals surface area contributed by atoms with Crippen molar-refractivity contribution in [2.45, 2.75) is 34.1 Å². The Kier molecular flexibility index (Phi) is 4.94. The third kappa shape index (κ3) is 3.69. The van der Waals surface area contributed by atoms with Crippen molar-refractivity contribution >= 4 is 16.8 Å². The van der Waals surface area contributed by atoms with Crippen molar-refractivity contribution in [3.05, 3.63) is 80.1 Å². The van der Waals surface area contributed by atoms with E-state index >= 15 is 0 Å². The lowest BCUT2D eigenvalue weighted by atomic mass is 10.0. The van der Waals surface area contributed by atoms with E-state index in [1.165, 1.54) is 0 Å². The molecule has 1 aromatic heterocycles. The first-order valence-corrected chi connectivity index (χ1v) is 8.84. The monoisotopic (exact) mass is 348 g/mol. The first-order chi connectivity index (χ1) is 12.3. The molecule has 0 radical (unpaired) electrons. The molecule has 26 heavy (non-hydrogen) atoms.